The second kappa shape index (κ2) is 8.70. The summed E-state index contributed by atoms with van der Waals surface area (Å²) in [5, 5.41) is 8.28. The van der Waals surface area contributed by atoms with Crippen molar-refractivity contribution in [3.63, 3.8) is 0 Å². The fourth-order valence-electron chi connectivity index (χ4n) is 2.16. The third-order valence-electron chi connectivity index (χ3n) is 3.29. The zero-order chi connectivity index (χ0) is 17.5. The van der Waals surface area contributed by atoms with Gasteiger partial charge in [-0.25, -0.2) is 9.78 Å². The average molecular weight is 364 g/mol. The number of carbonyl (C=O) groups is 2. The largest absolute Gasteiger partial charge is 0.352 e. The molecule has 2 aromatic rings. The molecule has 0 aliphatic heterocycles. The zero-order valence-corrected chi connectivity index (χ0v) is 15.2. The summed E-state index contributed by atoms with van der Waals surface area (Å²) >= 11 is 3.18. The number of primary amides is 1. The van der Waals surface area contributed by atoms with Crippen molar-refractivity contribution in [3.05, 3.63) is 34.7 Å². The van der Waals surface area contributed by atoms with Crippen molar-refractivity contribution in [2.45, 2.75) is 19.4 Å². The molecule has 1 heterocycles. The number of hydrogen-bond donors (Lipinski definition) is 3. The Morgan fingerprint density at radius 2 is 2.21 bits per heavy atom. The van der Waals surface area contributed by atoms with E-state index in [-0.39, 0.29) is 5.91 Å². The fourth-order valence-corrected chi connectivity index (χ4v) is 3.25. The number of nitrogens with zero attached hydrogens (tertiary/aromatic N) is 1. The molecule has 128 valence electrons. The van der Waals surface area contributed by atoms with E-state index in [0.717, 1.165) is 22.0 Å². The van der Waals surface area contributed by atoms with Crippen LogP contribution in [0.5, 0.6) is 0 Å². The van der Waals surface area contributed by atoms with Gasteiger partial charge in [-0.15, -0.1) is 11.3 Å². The lowest BCUT2D eigenvalue weighted by Crippen LogP contribution is -2.46. The number of amides is 3. The second-order valence-electron chi connectivity index (χ2n) is 5.16. The van der Waals surface area contributed by atoms with Crippen LogP contribution in [0.1, 0.15) is 11.4 Å². The van der Waals surface area contributed by atoms with E-state index in [0.29, 0.717) is 12.1 Å². The third kappa shape index (κ3) is 5.24. The summed E-state index contributed by atoms with van der Waals surface area (Å²) in [6, 6.07) is 6.11. The van der Waals surface area contributed by atoms with Gasteiger partial charge < -0.3 is 16.4 Å². The maximum atomic E-state index is 12.4. The van der Waals surface area contributed by atoms with E-state index >= 15 is 0 Å². The molecule has 0 saturated heterocycles. The van der Waals surface area contributed by atoms with Gasteiger partial charge in [-0.2, -0.15) is 11.8 Å². The van der Waals surface area contributed by atoms with E-state index < -0.39 is 12.1 Å². The smallest absolute Gasteiger partial charge is 0.312 e. The van der Waals surface area contributed by atoms with Gasteiger partial charge in [0.1, 0.15) is 6.04 Å². The van der Waals surface area contributed by atoms with Crippen molar-refractivity contribution in [2.24, 2.45) is 5.73 Å². The van der Waals surface area contributed by atoms with Gasteiger partial charge in [-0.3, -0.25) is 4.79 Å². The molecule has 0 aliphatic carbocycles. The quantitative estimate of drug-likeness (QED) is 0.704. The summed E-state index contributed by atoms with van der Waals surface area (Å²) < 4.78 is 0. The normalized spacial score (nSPS) is 11.8. The average Bonchev–Trinajstić information content (AvgIpc) is 2.98. The molecule has 4 N–H and O–H groups in total. The maximum absolute atomic E-state index is 12.4. The Bertz CT molecular complexity index is 718. The number of aryl methyl sites for hydroxylation is 1. The topological polar surface area (TPSA) is 97.1 Å². The highest BCUT2D eigenvalue weighted by Crippen LogP contribution is 2.24. The number of hydrogen-bond acceptors (Lipinski definition) is 5. The number of thiazole rings is 1. The standard InChI is InChI=1S/C16H20N4O2S2/c1-10-18-14(9-24-10)11-4-3-5-12(8-11)19-15(21)13(6-7-23-2)20-16(17)22/h3-5,8-9,13H,6-7H2,1-2H3,(H,19,21)(H3,17,20,22). The fraction of sp³-hybridized carbons (Fsp3) is 0.312. The van der Waals surface area contributed by atoms with Crippen LogP contribution in [0.4, 0.5) is 10.5 Å². The lowest BCUT2D eigenvalue weighted by molar-refractivity contribution is -0.117. The van der Waals surface area contributed by atoms with E-state index in [9.17, 15) is 9.59 Å². The number of urea groups is 1. The molecule has 0 fully saturated rings. The molecule has 2 rings (SSSR count). The minimum atomic E-state index is -0.706. The van der Waals surface area contributed by atoms with Crippen LogP contribution in [0.3, 0.4) is 0 Å². The molecular weight excluding hydrogens is 344 g/mol. The monoisotopic (exact) mass is 364 g/mol. The summed E-state index contributed by atoms with van der Waals surface area (Å²) in [5.41, 5.74) is 7.62. The van der Waals surface area contributed by atoms with Crippen molar-refractivity contribution < 1.29 is 9.59 Å². The Kier molecular flexibility index (Phi) is 6.62. The minimum Gasteiger partial charge on any atom is -0.352 e. The molecule has 0 aliphatic rings. The van der Waals surface area contributed by atoms with E-state index in [2.05, 4.69) is 15.6 Å². The number of thioether (sulfide) groups is 1. The summed E-state index contributed by atoms with van der Waals surface area (Å²) in [5.74, 6) is 0.464. The van der Waals surface area contributed by atoms with Crippen molar-refractivity contribution in [2.75, 3.05) is 17.3 Å². The van der Waals surface area contributed by atoms with Crippen LogP contribution < -0.4 is 16.4 Å². The zero-order valence-electron chi connectivity index (χ0n) is 13.5. The molecule has 1 aromatic carbocycles. The Morgan fingerprint density at radius 1 is 1.42 bits per heavy atom. The number of aromatic nitrogens is 1. The highest BCUT2D eigenvalue weighted by atomic mass is 32.2. The molecule has 1 unspecified atom stereocenters. The number of anilines is 1. The van der Waals surface area contributed by atoms with Crippen LogP contribution in [0.2, 0.25) is 0 Å². The van der Waals surface area contributed by atoms with Gasteiger partial charge in [0.2, 0.25) is 5.91 Å². The van der Waals surface area contributed by atoms with Crippen LogP contribution >= 0.6 is 23.1 Å². The van der Waals surface area contributed by atoms with Gasteiger partial charge in [0.15, 0.2) is 0 Å². The van der Waals surface area contributed by atoms with Crippen molar-refractivity contribution in [1.82, 2.24) is 10.3 Å². The van der Waals surface area contributed by atoms with E-state index in [1.54, 1.807) is 29.2 Å². The first-order chi connectivity index (χ1) is 11.5. The number of benzene rings is 1. The SMILES string of the molecule is CSCCC(NC(N)=O)C(=O)Nc1cccc(-c2csc(C)n2)c1. The van der Waals surface area contributed by atoms with Crippen LogP contribution in [-0.4, -0.2) is 35.0 Å². The first kappa shape index (κ1) is 18.3. The molecule has 3 amide bonds. The molecule has 24 heavy (non-hydrogen) atoms. The summed E-state index contributed by atoms with van der Waals surface area (Å²) in [4.78, 5) is 27.9. The first-order valence-corrected chi connectivity index (χ1v) is 9.65. The van der Waals surface area contributed by atoms with E-state index in [1.165, 1.54) is 0 Å². The summed E-state index contributed by atoms with van der Waals surface area (Å²) in [6.07, 6.45) is 2.46. The van der Waals surface area contributed by atoms with Crippen LogP contribution in [0.25, 0.3) is 11.3 Å². The highest BCUT2D eigenvalue weighted by molar-refractivity contribution is 7.98. The number of nitrogens with one attached hydrogen (secondary N) is 2. The molecule has 1 aromatic heterocycles. The number of rotatable bonds is 7. The number of carbonyl (C=O) groups excluding carboxylic acids is 2. The summed E-state index contributed by atoms with van der Waals surface area (Å²) in [6.45, 7) is 1.95. The lowest BCUT2D eigenvalue weighted by Gasteiger charge is -2.17. The third-order valence-corrected chi connectivity index (χ3v) is 4.71. The molecule has 0 bridgehead atoms. The minimum absolute atomic E-state index is 0.283. The van der Waals surface area contributed by atoms with Crippen molar-refractivity contribution in [1.29, 1.82) is 0 Å². The van der Waals surface area contributed by atoms with E-state index in [1.807, 2.05) is 36.8 Å². The molecule has 0 radical (unpaired) electrons. The van der Waals surface area contributed by atoms with Crippen LogP contribution in [0, 0.1) is 6.92 Å². The second-order valence-corrected chi connectivity index (χ2v) is 7.21. The van der Waals surface area contributed by atoms with Gasteiger partial charge in [0.25, 0.3) is 0 Å². The van der Waals surface area contributed by atoms with Gasteiger partial charge in [-0.05, 0) is 37.5 Å². The molecular formula is C16H20N4O2S2. The molecule has 6 nitrogen and oxygen atoms in total. The Morgan fingerprint density at radius 3 is 2.83 bits per heavy atom. The Balaban J connectivity index is 2.10. The first-order valence-electron chi connectivity index (χ1n) is 7.38. The number of nitrogens with two attached hydrogens (primary N) is 1. The molecule has 1 atom stereocenters. The maximum Gasteiger partial charge on any atom is 0.312 e. The van der Waals surface area contributed by atoms with Gasteiger partial charge in [-0.1, -0.05) is 12.1 Å². The highest BCUT2D eigenvalue weighted by Gasteiger charge is 2.19. The van der Waals surface area contributed by atoms with Gasteiger partial charge >= 0.3 is 6.03 Å². The Hall–Kier alpha value is -2.06. The predicted octanol–water partition coefficient (Wildman–Crippen LogP) is 2.85. The van der Waals surface area contributed by atoms with Gasteiger partial charge in [0.05, 0.1) is 10.7 Å². The van der Waals surface area contributed by atoms with Crippen LogP contribution in [0.15, 0.2) is 29.6 Å². The lowest BCUT2D eigenvalue weighted by atomic mass is 10.1. The van der Waals surface area contributed by atoms with E-state index in [4.69, 9.17) is 5.73 Å². The summed E-state index contributed by atoms with van der Waals surface area (Å²) in [7, 11) is 0. The predicted molar refractivity (Wildman–Crippen MR) is 100 cm³/mol. The van der Waals surface area contributed by atoms with Crippen molar-refractivity contribution >= 4 is 40.7 Å². The molecule has 0 spiro atoms. The van der Waals surface area contributed by atoms with Crippen molar-refractivity contribution in [3.8, 4) is 11.3 Å². The molecule has 0 saturated carbocycles. The van der Waals surface area contributed by atoms with Crippen LogP contribution in [-0.2, 0) is 4.79 Å². The Labute approximate surface area is 149 Å². The van der Waals surface area contributed by atoms with Gasteiger partial charge in [0, 0.05) is 16.6 Å². The molecule has 8 heteroatoms.